The predicted molar refractivity (Wildman–Crippen MR) is 80.5 cm³/mol. The van der Waals surface area contributed by atoms with Crippen molar-refractivity contribution in [2.75, 3.05) is 19.7 Å². The van der Waals surface area contributed by atoms with Crippen molar-refractivity contribution < 1.29 is 14.6 Å². The monoisotopic (exact) mass is 296 g/mol. The van der Waals surface area contributed by atoms with Gasteiger partial charge >= 0.3 is 5.97 Å². The molecule has 0 heterocycles. The number of carbonyl (C=O) groups is 1. The molecule has 0 saturated heterocycles. The zero-order chi connectivity index (χ0) is 15.9. The molecule has 1 aliphatic rings. The molecule has 0 radical (unpaired) electrons. The Hall–Kier alpha value is -1.12. The maximum absolute atomic E-state index is 11.7. The topological polar surface area (TPSA) is 73.6 Å². The van der Waals surface area contributed by atoms with Crippen LogP contribution >= 0.6 is 0 Å². The lowest BCUT2D eigenvalue weighted by Gasteiger charge is -2.40. The molecule has 120 valence electrons. The lowest BCUT2D eigenvalue weighted by atomic mass is 9.78. The van der Waals surface area contributed by atoms with Crippen molar-refractivity contribution in [3.05, 3.63) is 0 Å². The maximum Gasteiger partial charge on any atom is 0.308 e. The quantitative estimate of drug-likeness (QED) is 0.728. The Balaban J connectivity index is 2.52. The van der Waals surface area contributed by atoms with Gasteiger partial charge in [-0.1, -0.05) is 0 Å². The molecule has 0 aliphatic heterocycles. The predicted octanol–water partition coefficient (Wildman–Crippen LogP) is 2.09. The molecule has 0 spiro atoms. The maximum atomic E-state index is 11.7. The zero-order valence-electron chi connectivity index (χ0n) is 13.5. The highest BCUT2D eigenvalue weighted by Crippen LogP contribution is 2.33. The van der Waals surface area contributed by atoms with Crippen LogP contribution in [-0.2, 0) is 9.53 Å². The minimum absolute atomic E-state index is 0.0724. The molecule has 0 bridgehead atoms. The Labute approximate surface area is 127 Å². The van der Waals surface area contributed by atoms with Gasteiger partial charge in [-0.05, 0) is 46.5 Å². The van der Waals surface area contributed by atoms with E-state index in [0.717, 1.165) is 0 Å². The van der Waals surface area contributed by atoms with Gasteiger partial charge < -0.3 is 9.84 Å². The third kappa shape index (κ3) is 5.64. The van der Waals surface area contributed by atoms with Gasteiger partial charge in [0.1, 0.15) is 0 Å². The van der Waals surface area contributed by atoms with Gasteiger partial charge in [0.15, 0.2) is 0 Å². The average molecular weight is 296 g/mol. The fourth-order valence-corrected chi connectivity index (χ4v) is 2.90. The van der Waals surface area contributed by atoms with E-state index in [9.17, 15) is 9.90 Å². The molecule has 5 nitrogen and oxygen atoms in total. The molecule has 21 heavy (non-hydrogen) atoms. The summed E-state index contributed by atoms with van der Waals surface area (Å²) in [7, 11) is 0. The third-order valence-corrected chi connectivity index (χ3v) is 4.27. The van der Waals surface area contributed by atoms with Crippen LogP contribution < -0.4 is 0 Å². The molecule has 0 atom stereocenters. The van der Waals surface area contributed by atoms with Crippen LogP contribution in [0.3, 0.4) is 0 Å². The SMILES string of the molecule is CCOC(=O)C1CCC(O)(CN(CCC#N)C(C)C)CC1. The summed E-state index contributed by atoms with van der Waals surface area (Å²) in [5.41, 5.74) is -0.747. The van der Waals surface area contributed by atoms with E-state index in [2.05, 4.69) is 24.8 Å². The summed E-state index contributed by atoms with van der Waals surface area (Å²) in [6.07, 6.45) is 3.07. The number of ether oxygens (including phenoxy) is 1. The first kappa shape index (κ1) is 17.9. The highest BCUT2D eigenvalue weighted by atomic mass is 16.5. The first-order valence-corrected chi connectivity index (χ1v) is 7.92. The summed E-state index contributed by atoms with van der Waals surface area (Å²) >= 11 is 0. The Bertz CT molecular complexity index is 368. The van der Waals surface area contributed by atoms with Crippen molar-refractivity contribution in [1.82, 2.24) is 4.90 Å². The third-order valence-electron chi connectivity index (χ3n) is 4.27. The Morgan fingerprint density at radius 1 is 1.48 bits per heavy atom. The average Bonchev–Trinajstić information content (AvgIpc) is 2.44. The first-order valence-electron chi connectivity index (χ1n) is 7.92. The normalized spacial score (nSPS) is 25.9. The van der Waals surface area contributed by atoms with Crippen LogP contribution in [-0.4, -0.2) is 47.3 Å². The number of hydrogen-bond donors (Lipinski definition) is 1. The van der Waals surface area contributed by atoms with Gasteiger partial charge in [-0.15, -0.1) is 0 Å². The second-order valence-electron chi connectivity index (χ2n) is 6.22. The molecule has 0 aromatic heterocycles. The molecule has 0 aromatic rings. The molecular weight excluding hydrogens is 268 g/mol. The van der Waals surface area contributed by atoms with Crippen molar-refractivity contribution in [2.45, 2.75) is 64.5 Å². The van der Waals surface area contributed by atoms with Gasteiger partial charge in [0.25, 0.3) is 0 Å². The minimum Gasteiger partial charge on any atom is -0.466 e. The Kier molecular flexibility index (Phi) is 7.13. The molecule has 1 saturated carbocycles. The Morgan fingerprint density at radius 3 is 2.57 bits per heavy atom. The second-order valence-corrected chi connectivity index (χ2v) is 6.22. The van der Waals surface area contributed by atoms with Gasteiger partial charge in [0, 0.05) is 25.6 Å². The summed E-state index contributed by atoms with van der Waals surface area (Å²) in [5.74, 6) is -0.207. The second kappa shape index (κ2) is 8.35. The lowest BCUT2D eigenvalue weighted by Crippen LogP contribution is -2.48. The fraction of sp³-hybridized carbons (Fsp3) is 0.875. The van der Waals surface area contributed by atoms with E-state index >= 15 is 0 Å². The Morgan fingerprint density at radius 2 is 2.10 bits per heavy atom. The summed E-state index contributed by atoms with van der Waals surface area (Å²) in [6, 6.07) is 2.45. The van der Waals surface area contributed by atoms with E-state index in [-0.39, 0.29) is 11.9 Å². The molecular formula is C16H28N2O3. The number of nitriles is 1. The summed E-state index contributed by atoms with van der Waals surface area (Å²) in [6.45, 7) is 7.62. The van der Waals surface area contributed by atoms with Crippen LogP contribution in [0.15, 0.2) is 0 Å². The number of carbonyl (C=O) groups excluding carboxylic acids is 1. The minimum atomic E-state index is -0.747. The van der Waals surface area contributed by atoms with Crippen molar-refractivity contribution in [3.63, 3.8) is 0 Å². The van der Waals surface area contributed by atoms with Crippen molar-refractivity contribution in [1.29, 1.82) is 5.26 Å². The molecule has 1 N–H and O–H groups in total. The van der Waals surface area contributed by atoms with Gasteiger partial charge in [0.05, 0.1) is 24.2 Å². The molecule has 0 aromatic carbocycles. The van der Waals surface area contributed by atoms with Gasteiger partial charge in [-0.25, -0.2) is 0 Å². The number of rotatable bonds is 7. The molecule has 0 amide bonds. The fourth-order valence-electron chi connectivity index (χ4n) is 2.90. The number of aliphatic hydroxyl groups is 1. The van der Waals surface area contributed by atoms with Gasteiger partial charge in [-0.3, -0.25) is 9.69 Å². The smallest absolute Gasteiger partial charge is 0.308 e. The van der Waals surface area contributed by atoms with E-state index in [1.165, 1.54) is 0 Å². The van der Waals surface area contributed by atoms with Gasteiger partial charge in [-0.2, -0.15) is 5.26 Å². The van der Waals surface area contributed by atoms with E-state index in [0.29, 0.717) is 57.8 Å². The van der Waals surface area contributed by atoms with Crippen molar-refractivity contribution in [2.24, 2.45) is 5.92 Å². The number of hydrogen-bond acceptors (Lipinski definition) is 5. The lowest BCUT2D eigenvalue weighted by molar-refractivity contribution is -0.151. The molecule has 5 heteroatoms. The molecule has 1 fully saturated rings. The van der Waals surface area contributed by atoms with E-state index in [4.69, 9.17) is 10.00 Å². The van der Waals surface area contributed by atoms with Gasteiger partial charge in [0.2, 0.25) is 0 Å². The number of esters is 1. The van der Waals surface area contributed by atoms with Crippen LogP contribution in [0.4, 0.5) is 0 Å². The van der Waals surface area contributed by atoms with Crippen molar-refractivity contribution >= 4 is 5.97 Å². The van der Waals surface area contributed by atoms with Crippen LogP contribution in [0.1, 0.15) is 52.9 Å². The molecule has 0 unspecified atom stereocenters. The highest BCUT2D eigenvalue weighted by molar-refractivity contribution is 5.72. The summed E-state index contributed by atoms with van der Waals surface area (Å²) in [5, 5.41) is 19.5. The van der Waals surface area contributed by atoms with Crippen molar-refractivity contribution in [3.8, 4) is 6.07 Å². The van der Waals surface area contributed by atoms with Crippen LogP contribution in [0, 0.1) is 17.2 Å². The van der Waals surface area contributed by atoms with E-state index < -0.39 is 5.60 Å². The summed E-state index contributed by atoms with van der Waals surface area (Å²) < 4.78 is 5.05. The first-order chi connectivity index (χ1) is 9.91. The van der Waals surface area contributed by atoms with E-state index in [1.54, 1.807) is 0 Å². The zero-order valence-corrected chi connectivity index (χ0v) is 13.5. The number of nitrogens with zero attached hydrogens (tertiary/aromatic N) is 2. The van der Waals surface area contributed by atoms with Crippen LogP contribution in [0.2, 0.25) is 0 Å². The largest absolute Gasteiger partial charge is 0.466 e. The summed E-state index contributed by atoms with van der Waals surface area (Å²) in [4.78, 5) is 13.9. The van der Waals surface area contributed by atoms with Crippen LogP contribution in [0.25, 0.3) is 0 Å². The molecule has 1 rings (SSSR count). The van der Waals surface area contributed by atoms with E-state index in [1.807, 2.05) is 6.92 Å². The highest BCUT2D eigenvalue weighted by Gasteiger charge is 2.37. The van der Waals surface area contributed by atoms with Crippen LogP contribution in [0.5, 0.6) is 0 Å². The standard InChI is InChI=1S/C16H28N2O3/c1-4-21-15(19)14-6-8-16(20,9-7-14)12-18(13(2)3)11-5-10-17/h13-14,20H,4-9,11-12H2,1-3H3. The molecule has 1 aliphatic carbocycles.